The van der Waals surface area contributed by atoms with Crippen LogP contribution in [0.2, 0.25) is 0 Å². The van der Waals surface area contributed by atoms with Gasteiger partial charge in [-0.1, -0.05) is 19.1 Å². The fourth-order valence-corrected chi connectivity index (χ4v) is 2.03. The molecule has 0 radical (unpaired) electrons. The minimum absolute atomic E-state index is 0.298. The molecule has 1 aromatic carbocycles. The highest BCUT2D eigenvalue weighted by Gasteiger charge is 2.21. The topological polar surface area (TPSA) is 32.3 Å². The zero-order chi connectivity index (χ0) is 10.1. The van der Waals surface area contributed by atoms with Gasteiger partial charge in [-0.25, -0.2) is 0 Å². The smallest absolute Gasteiger partial charge is 0.0829 e. The number of fused-ring (bicyclic) bond motifs is 1. The number of hydrogen-bond acceptors (Lipinski definition) is 2. The first-order chi connectivity index (χ1) is 6.70. The molecular weight excluding hydrogens is 174 g/mol. The summed E-state index contributed by atoms with van der Waals surface area (Å²) < 4.78 is 0. The van der Waals surface area contributed by atoms with Crippen LogP contribution in [0.1, 0.15) is 37.5 Å². The number of hydrogen-bond donors (Lipinski definition) is 2. The molecule has 0 fully saturated rings. The van der Waals surface area contributed by atoms with E-state index in [2.05, 4.69) is 37.4 Å². The molecule has 0 spiro atoms. The molecule has 0 saturated carbocycles. The van der Waals surface area contributed by atoms with Gasteiger partial charge in [-0.2, -0.15) is 0 Å². The summed E-state index contributed by atoms with van der Waals surface area (Å²) in [7, 11) is 0. The van der Waals surface area contributed by atoms with Crippen LogP contribution in [0.5, 0.6) is 0 Å². The maximum atomic E-state index is 9.91. The van der Waals surface area contributed by atoms with Gasteiger partial charge in [0.2, 0.25) is 0 Å². The van der Waals surface area contributed by atoms with Gasteiger partial charge >= 0.3 is 0 Å². The summed E-state index contributed by atoms with van der Waals surface area (Å²) in [4.78, 5) is 0. The molecule has 1 aromatic rings. The molecule has 2 atom stereocenters. The summed E-state index contributed by atoms with van der Waals surface area (Å²) >= 11 is 0. The molecule has 0 amide bonds. The van der Waals surface area contributed by atoms with E-state index in [-0.39, 0.29) is 6.10 Å². The lowest BCUT2D eigenvalue weighted by molar-refractivity contribution is 0.158. The van der Waals surface area contributed by atoms with Crippen molar-refractivity contribution in [2.24, 2.45) is 0 Å². The van der Waals surface area contributed by atoms with Gasteiger partial charge < -0.3 is 10.4 Å². The molecule has 0 aliphatic carbocycles. The lowest BCUT2D eigenvalue weighted by atomic mass is 9.94. The third-order valence-electron chi connectivity index (χ3n) is 2.86. The maximum absolute atomic E-state index is 9.91. The van der Waals surface area contributed by atoms with E-state index in [1.807, 2.05) is 0 Å². The molecule has 76 valence electrons. The van der Waals surface area contributed by atoms with E-state index in [0.29, 0.717) is 6.04 Å². The molecular formula is C12H17NO. The predicted octanol–water partition coefficient (Wildman–Crippen LogP) is 2.49. The summed E-state index contributed by atoms with van der Waals surface area (Å²) in [6.45, 7) is 4.23. The van der Waals surface area contributed by atoms with Crippen molar-refractivity contribution in [2.75, 3.05) is 5.32 Å². The number of aliphatic hydroxyl groups is 1. The average molecular weight is 191 g/mol. The van der Waals surface area contributed by atoms with E-state index in [1.165, 1.54) is 5.56 Å². The molecule has 2 unspecified atom stereocenters. The zero-order valence-corrected chi connectivity index (χ0v) is 8.75. The second-order valence-electron chi connectivity index (χ2n) is 4.07. The number of anilines is 1. The Morgan fingerprint density at radius 2 is 2.29 bits per heavy atom. The van der Waals surface area contributed by atoms with E-state index in [0.717, 1.165) is 24.1 Å². The minimum atomic E-state index is -0.298. The molecule has 2 rings (SSSR count). The van der Waals surface area contributed by atoms with E-state index in [1.54, 1.807) is 0 Å². The van der Waals surface area contributed by atoms with Crippen LogP contribution in [0.3, 0.4) is 0 Å². The SMILES string of the molecule is CCc1ccc2c(c1)C(O)CC(C)N2. The number of aliphatic hydroxyl groups excluding tert-OH is 1. The molecule has 1 aliphatic rings. The van der Waals surface area contributed by atoms with Crippen molar-refractivity contribution in [1.29, 1.82) is 0 Å². The molecule has 0 bridgehead atoms. The first kappa shape index (κ1) is 9.53. The van der Waals surface area contributed by atoms with Crippen molar-refractivity contribution in [1.82, 2.24) is 0 Å². The Balaban J connectivity index is 2.39. The van der Waals surface area contributed by atoms with Gasteiger partial charge in [-0.15, -0.1) is 0 Å². The summed E-state index contributed by atoms with van der Waals surface area (Å²) in [5.74, 6) is 0. The molecule has 2 N–H and O–H groups in total. The van der Waals surface area contributed by atoms with Crippen LogP contribution in [-0.4, -0.2) is 11.1 Å². The van der Waals surface area contributed by atoms with E-state index < -0.39 is 0 Å². The summed E-state index contributed by atoms with van der Waals surface area (Å²) in [6, 6.07) is 6.67. The van der Waals surface area contributed by atoms with E-state index in [9.17, 15) is 5.11 Å². The Morgan fingerprint density at radius 1 is 1.50 bits per heavy atom. The van der Waals surface area contributed by atoms with Gasteiger partial charge in [0.1, 0.15) is 0 Å². The van der Waals surface area contributed by atoms with E-state index >= 15 is 0 Å². The Bertz CT molecular complexity index is 335. The largest absolute Gasteiger partial charge is 0.388 e. The van der Waals surface area contributed by atoms with Gasteiger partial charge in [-0.05, 0) is 31.4 Å². The lowest BCUT2D eigenvalue weighted by Crippen LogP contribution is -2.25. The second-order valence-corrected chi connectivity index (χ2v) is 4.07. The van der Waals surface area contributed by atoms with Crippen molar-refractivity contribution >= 4 is 5.69 Å². The van der Waals surface area contributed by atoms with Crippen molar-refractivity contribution in [3.05, 3.63) is 29.3 Å². The first-order valence-electron chi connectivity index (χ1n) is 5.28. The maximum Gasteiger partial charge on any atom is 0.0829 e. The van der Waals surface area contributed by atoms with Gasteiger partial charge in [0.05, 0.1) is 6.10 Å². The summed E-state index contributed by atoms with van der Waals surface area (Å²) in [6.07, 6.45) is 1.53. The van der Waals surface area contributed by atoms with Crippen molar-refractivity contribution < 1.29 is 5.11 Å². The van der Waals surface area contributed by atoms with Crippen LogP contribution < -0.4 is 5.32 Å². The fraction of sp³-hybridized carbons (Fsp3) is 0.500. The molecule has 0 saturated heterocycles. The van der Waals surface area contributed by atoms with E-state index in [4.69, 9.17) is 0 Å². The van der Waals surface area contributed by atoms with Gasteiger partial charge in [0.25, 0.3) is 0 Å². The quantitative estimate of drug-likeness (QED) is 0.714. The number of benzene rings is 1. The number of aryl methyl sites for hydroxylation is 1. The molecule has 2 nitrogen and oxygen atoms in total. The Kier molecular flexibility index (Phi) is 2.46. The fourth-order valence-electron chi connectivity index (χ4n) is 2.03. The highest BCUT2D eigenvalue weighted by atomic mass is 16.3. The lowest BCUT2D eigenvalue weighted by Gasteiger charge is -2.28. The second kappa shape index (κ2) is 3.62. The molecule has 14 heavy (non-hydrogen) atoms. The molecule has 1 aliphatic heterocycles. The molecule has 0 aromatic heterocycles. The number of rotatable bonds is 1. The summed E-state index contributed by atoms with van der Waals surface area (Å²) in [5, 5.41) is 13.3. The zero-order valence-electron chi connectivity index (χ0n) is 8.75. The van der Waals surface area contributed by atoms with Crippen LogP contribution in [0, 0.1) is 0 Å². The predicted molar refractivity (Wildman–Crippen MR) is 58.5 cm³/mol. The van der Waals surface area contributed by atoms with Crippen molar-refractivity contribution in [2.45, 2.75) is 38.8 Å². The van der Waals surface area contributed by atoms with Gasteiger partial charge in [-0.3, -0.25) is 0 Å². The van der Waals surface area contributed by atoms with Crippen LogP contribution in [0.15, 0.2) is 18.2 Å². The Labute approximate surface area is 85.0 Å². The van der Waals surface area contributed by atoms with Crippen molar-refractivity contribution in [3.8, 4) is 0 Å². The third kappa shape index (κ3) is 1.62. The van der Waals surface area contributed by atoms with Gasteiger partial charge in [0.15, 0.2) is 0 Å². The summed E-state index contributed by atoms with van der Waals surface area (Å²) in [5.41, 5.74) is 3.44. The molecule has 1 heterocycles. The Morgan fingerprint density at radius 3 is 3.00 bits per heavy atom. The third-order valence-corrected chi connectivity index (χ3v) is 2.86. The van der Waals surface area contributed by atoms with Crippen LogP contribution in [-0.2, 0) is 6.42 Å². The monoisotopic (exact) mass is 191 g/mol. The highest BCUT2D eigenvalue weighted by Crippen LogP contribution is 2.32. The highest BCUT2D eigenvalue weighted by molar-refractivity contribution is 5.56. The molecule has 2 heteroatoms. The average Bonchev–Trinajstić information content (AvgIpc) is 2.17. The van der Waals surface area contributed by atoms with Crippen LogP contribution in [0.25, 0.3) is 0 Å². The number of nitrogens with one attached hydrogen (secondary N) is 1. The standard InChI is InChI=1S/C12H17NO/c1-3-9-4-5-11-10(7-9)12(14)6-8(2)13-11/h4-5,7-8,12-14H,3,6H2,1-2H3. The van der Waals surface area contributed by atoms with Crippen LogP contribution >= 0.6 is 0 Å². The first-order valence-corrected chi connectivity index (χ1v) is 5.28. The van der Waals surface area contributed by atoms with Gasteiger partial charge in [0, 0.05) is 17.3 Å². The normalized spacial score (nSPS) is 25.4. The van der Waals surface area contributed by atoms with Crippen LogP contribution in [0.4, 0.5) is 5.69 Å². The van der Waals surface area contributed by atoms with Crippen molar-refractivity contribution in [3.63, 3.8) is 0 Å². The Hall–Kier alpha value is -1.02. The minimum Gasteiger partial charge on any atom is -0.388 e.